The van der Waals surface area contributed by atoms with Crippen LogP contribution in [0.2, 0.25) is 0 Å². The van der Waals surface area contributed by atoms with E-state index in [1.54, 1.807) is 19.1 Å². The van der Waals surface area contributed by atoms with Crippen LogP contribution in [0.1, 0.15) is 18.1 Å². The summed E-state index contributed by atoms with van der Waals surface area (Å²) in [6, 6.07) is 5.28. The van der Waals surface area contributed by atoms with Gasteiger partial charge in [-0.15, -0.1) is 0 Å². The molecule has 0 bridgehead atoms. The highest BCUT2D eigenvalue weighted by Gasteiger charge is 2.23. The van der Waals surface area contributed by atoms with Crippen molar-refractivity contribution in [2.75, 3.05) is 23.7 Å². The van der Waals surface area contributed by atoms with E-state index in [2.05, 4.69) is 4.74 Å². The molecule has 0 saturated carbocycles. The summed E-state index contributed by atoms with van der Waals surface area (Å²) in [5.74, 6) is -0.660. The molecule has 1 aromatic rings. The lowest BCUT2D eigenvalue weighted by atomic mass is 10.1. The Balaban J connectivity index is 3.23. The zero-order chi connectivity index (χ0) is 14.6. The average Bonchev–Trinajstić information content (AvgIpc) is 2.38. The number of hydrogen-bond donors (Lipinski definition) is 0. The van der Waals surface area contributed by atoms with Gasteiger partial charge in [0.15, 0.2) is 0 Å². The highest BCUT2D eigenvalue weighted by molar-refractivity contribution is 7.92. The minimum Gasteiger partial charge on any atom is -0.468 e. The molecule has 0 radical (unpaired) electrons. The van der Waals surface area contributed by atoms with Crippen LogP contribution in [0.3, 0.4) is 0 Å². The van der Waals surface area contributed by atoms with Crippen LogP contribution in [0.25, 0.3) is 0 Å². The number of nitrogens with zero attached hydrogens (tertiary/aromatic N) is 1. The largest absolute Gasteiger partial charge is 0.468 e. The quantitative estimate of drug-likeness (QED) is 0.771. The van der Waals surface area contributed by atoms with Crippen molar-refractivity contribution in [3.8, 4) is 0 Å². The number of benzene rings is 1. The Hall–Kier alpha value is -1.56. The van der Waals surface area contributed by atoms with Crippen LogP contribution in [0.5, 0.6) is 0 Å². The summed E-state index contributed by atoms with van der Waals surface area (Å²) < 4.78 is 29.8. The second-order valence-electron chi connectivity index (χ2n) is 4.25. The number of sulfonamides is 1. The van der Waals surface area contributed by atoms with Crippen LogP contribution >= 0.6 is 0 Å². The fourth-order valence-corrected chi connectivity index (χ4v) is 2.62. The molecule has 5 nitrogen and oxygen atoms in total. The Morgan fingerprint density at radius 3 is 2.37 bits per heavy atom. The predicted molar refractivity (Wildman–Crippen MR) is 74.7 cm³/mol. The number of anilines is 1. The zero-order valence-electron chi connectivity index (χ0n) is 11.6. The minimum atomic E-state index is -3.52. The fraction of sp³-hybridized carbons (Fsp3) is 0.462. The first-order valence-corrected chi connectivity index (χ1v) is 7.57. The number of methoxy groups -OCH3 is 1. The van der Waals surface area contributed by atoms with Crippen LogP contribution in [0.15, 0.2) is 18.2 Å². The summed E-state index contributed by atoms with van der Waals surface area (Å²) in [6.07, 6.45) is 0. The Kier molecular flexibility index (Phi) is 4.94. The maximum absolute atomic E-state index is 12.1. The molecule has 6 heteroatoms. The summed E-state index contributed by atoms with van der Waals surface area (Å²) in [6.45, 7) is 5.07. The summed E-state index contributed by atoms with van der Waals surface area (Å²) in [7, 11) is -2.28. The number of esters is 1. The summed E-state index contributed by atoms with van der Waals surface area (Å²) >= 11 is 0. The van der Waals surface area contributed by atoms with Gasteiger partial charge in [-0.1, -0.05) is 6.07 Å². The maximum Gasteiger partial charge on any atom is 0.326 e. The lowest BCUT2D eigenvalue weighted by molar-refractivity contribution is -0.138. The Labute approximate surface area is 114 Å². The molecule has 0 atom stereocenters. The van der Waals surface area contributed by atoms with E-state index in [-0.39, 0.29) is 12.3 Å². The first-order chi connectivity index (χ1) is 8.81. The van der Waals surface area contributed by atoms with Crippen molar-refractivity contribution in [1.29, 1.82) is 0 Å². The predicted octanol–water partition coefficient (Wildman–Crippen LogP) is 1.63. The molecule has 0 unspecified atom stereocenters. The van der Waals surface area contributed by atoms with Gasteiger partial charge >= 0.3 is 5.97 Å². The van der Waals surface area contributed by atoms with Gasteiger partial charge in [-0.05, 0) is 44.0 Å². The summed E-state index contributed by atoms with van der Waals surface area (Å²) in [5, 5.41) is 0. The molecule has 106 valence electrons. The van der Waals surface area contributed by atoms with Gasteiger partial charge in [0.1, 0.15) is 6.54 Å². The Morgan fingerprint density at radius 2 is 1.89 bits per heavy atom. The highest BCUT2D eigenvalue weighted by Crippen LogP contribution is 2.21. The molecule has 0 fully saturated rings. The molecule has 1 aromatic carbocycles. The Bertz CT molecular complexity index is 566. The molecule has 0 aliphatic rings. The molecule has 0 amide bonds. The third-order valence-electron chi connectivity index (χ3n) is 2.98. The molecular weight excluding hydrogens is 266 g/mol. The topological polar surface area (TPSA) is 63.7 Å². The lowest BCUT2D eigenvalue weighted by Gasteiger charge is -2.23. The van der Waals surface area contributed by atoms with E-state index >= 15 is 0 Å². The second-order valence-corrected chi connectivity index (χ2v) is 6.43. The number of carbonyl (C=O) groups is 1. The van der Waals surface area contributed by atoms with Crippen LogP contribution in [0, 0.1) is 13.8 Å². The first-order valence-electron chi connectivity index (χ1n) is 5.96. The molecule has 0 aliphatic heterocycles. The van der Waals surface area contributed by atoms with E-state index in [9.17, 15) is 13.2 Å². The molecular formula is C13H19NO4S. The van der Waals surface area contributed by atoms with Crippen molar-refractivity contribution < 1.29 is 17.9 Å². The number of hydrogen-bond acceptors (Lipinski definition) is 4. The maximum atomic E-state index is 12.1. The van der Waals surface area contributed by atoms with Crippen molar-refractivity contribution in [2.45, 2.75) is 20.8 Å². The highest BCUT2D eigenvalue weighted by atomic mass is 32.2. The van der Waals surface area contributed by atoms with Gasteiger partial charge in [0, 0.05) is 0 Å². The van der Waals surface area contributed by atoms with Crippen molar-refractivity contribution in [2.24, 2.45) is 0 Å². The molecule has 0 aromatic heterocycles. The molecule has 19 heavy (non-hydrogen) atoms. The standard InChI is InChI=1S/C13H19NO4S/c1-5-19(16,17)14(9-13(15)18-4)12-7-6-10(2)11(3)8-12/h6-8H,5,9H2,1-4H3. The third kappa shape index (κ3) is 3.70. The van der Waals surface area contributed by atoms with Crippen molar-refractivity contribution >= 4 is 21.7 Å². The average molecular weight is 285 g/mol. The second kappa shape index (κ2) is 6.06. The Morgan fingerprint density at radius 1 is 1.26 bits per heavy atom. The van der Waals surface area contributed by atoms with E-state index in [1.165, 1.54) is 7.11 Å². The van der Waals surface area contributed by atoms with Gasteiger partial charge in [-0.3, -0.25) is 9.10 Å². The van der Waals surface area contributed by atoms with Gasteiger partial charge in [0.05, 0.1) is 18.6 Å². The van der Waals surface area contributed by atoms with Crippen molar-refractivity contribution in [3.05, 3.63) is 29.3 Å². The number of ether oxygens (including phenoxy) is 1. The van der Waals surface area contributed by atoms with Crippen molar-refractivity contribution in [1.82, 2.24) is 0 Å². The molecule has 0 heterocycles. The third-order valence-corrected chi connectivity index (χ3v) is 4.72. The summed E-state index contributed by atoms with van der Waals surface area (Å²) in [4.78, 5) is 11.4. The SMILES string of the molecule is CCS(=O)(=O)N(CC(=O)OC)c1ccc(C)c(C)c1. The van der Waals surface area contributed by atoms with Crippen LogP contribution < -0.4 is 4.31 Å². The fourth-order valence-electron chi connectivity index (χ4n) is 1.57. The molecule has 0 N–H and O–H groups in total. The molecule has 0 spiro atoms. The van der Waals surface area contributed by atoms with E-state index in [1.807, 2.05) is 19.9 Å². The summed E-state index contributed by atoms with van der Waals surface area (Å²) in [5.41, 5.74) is 2.52. The molecule has 0 saturated heterocycles. The van der Waals surface area contributed by atoms with E-state index in [4.69, 9.17) is 0 Å². The van der Waals surface area contributed by atoms with E-state index in [0.29, 0.717) is 5.69 Å². The number of rotatable bonds is 5. The smallest absolute Gasteiger partial charge is 0.326 e. The van der Waals surface area contributed by atoms with Gasteiger partial charge in [-0.25, -0.2) is 8.42 Å². The van der Waals surface area contributed by atoms with Crippen LogP contribution in [0.4, 0.5) is 5.69 Å². The van der Waals surface area contributed by atoms with Crippen LogP contribution in [-0.2, 0) is 19.6 Å². The monoisotopic (exact) mass is 285 g/mol. The van der Waals surface area contributed by atoms with Crippen LogP contribution in [-0.4, -0.2) is 33.8 Å². The van der Waals surface area contributed by atoms with Gasteiger partial charge in [0.2, 0.25) is 10.0 Å². The van der Waals surface area contributed by atoms with E-state index < -0.39 is 16.0 Å². The lowest BCUT2D eigenvalue weighted by Crippen LogP contribution is -2.37. The zero-order valence-corrected chi connectivity index (χ0v) is 12.5. The number of aryl methyl sites for hydroxylation is 2. The minimum absolute atomic E-state index is 0.0725. The van der Waals surface area contributed by atoms with Gasteiger partial charge < -0.3 is 4.74 Å². The van der Waals surface area contributed by atoms with Crippen molar-refractivity contribution in [3.63, 3.8) is 0 Å². The normalized spacial score (nSPS) is 11.2. The molecule has 0 aliphatic carbocycles. The van der Waals surface area contributed by atoms with Gasteiger partial charge in [-0.2, -0.15) is 0 Å². The van der Waals surface area contributed by atoms with Gasteiger partial charge in [0.25, 0.3) is 0 Å². The van der Waals surface area contributed by atoms with E-state index in [0.717, 1.165) is 15.4 Å². The first kappa shape index (κ1) is 15.5. The number of carbonyl (C=O) groups excluding carboxylic acids is 1. The molecule has 1 rings (SSSR count).